The predicted octanol–water partition coefficient (Wildman–Crippen LogP) is 5.74. The Morgan fingerprint density at radius 2 is 2.00 bits per heavy atom. The summed E-state index contributed by atoms with van der Waals surface area (Å²) in [5.74, 6) is 2.85. The maximum atomic E-state index is 3.52. The number of thioether (sulfide) groups is 1. The van der Waals surface area contributed by atoms with Gasteiger partial charge in [0, 0.05) is 17.2 Å². The van der Waals surface area contributed by atoms with Crippen LogP contribution in [0.5, 0.6) is 0 Å². The van der Waals surface area contributed by atoms with Crippen LogP contribution in [0.1, 0.15) is 58.9 Å². The zero-order valence-electron chi connectivity index (χ0n) is 14.3. The van der Waals surface area contributed by atoms with Crippen molar-refractivity contribution >= 4 is 11.8 Å². The lowest BCUT2D eigenvalue weighted by Crippen LogP contribution is -2.18. The van der Waals surface area contributed by atoms with Gasteiger partial charge in [0.1, 0.15) is 0 Å². The van der Waals surface area contributed by atoms with E-state index in [1.807, 2.05) is 11.8 Å². The average Bonchev–Trinajstić information content (AvgIpc) is 2.47. The third kappa shape index (κ3) is 8.53. The molecule has 21 heavy (non-hydrogen) atoms. The van der Waals surface area contributed by atoms with Gasteiger partial charge < -0.3 is 5.32 Å². The normalized spacial score (nSPS) is 12.8. The lowest BCUT2D eigenvalue weighted by molar-refractivity contribution is 0.499. The Morgan fingerprint density at radius 3 is 2.67 bits per heavy atom. The van der Waals surface area contributed by atoms with E-state index >= 15 is 0 Å². The maximum absolute atomic E-state index is 3.52. The van der Waals surface area contributed by atoms with Gasteiger partial charge in [-0.3, -0.25) is 0 Å². The summed E-state index contributed by atoms with van der Waals surface area (Å²) in [6, 6.07) is 9.03. The molecule has 120 valence electrons. The molecule has 0 aliphatic rings. The smallest absolute Gasteiger partial charge is 0.0206 e. The van der Waals surface area contributed by atoms with Gasteiger partial charge in [0.2, 0.25) is 0 Å². The Hall–Kier alpha value is -0.470. The van der Waals surface area contributed by atoms with Gasteiger partial charge in [0.05, 0.1) is 0 Å². The molecule has 0 aromatic heterocycles. The van der Waals surface area contributed by atoms with Crippen molar-refractivity contribution < 1.29 is 0 Å². The van der Waals surface area contributed by atoms with Crippen molar-refractivity contribution in [3.05, 3.63) is 29.8 Å². The summed E-state index contributed by atoms with van der Waals surface area (Å²) >= 11 is 2.03. The second-order valence-electron chi connectivity index (χ2n) is 6.40. The van der Waals surface area contributed by atoms with E-state index in [1.54, 1.807) is 0 Å². The Kier molecular flexibility index (Phi) is 9.86. The lowest BCUT2D eigenvalue weighted by atomic mass is 10.0. The fourth-order valence-electron chi connectivity index (χ4n) is 2.36. The maximum Gasteiger partial charge on any atom is 0.0206 e. The first kappa shape index (κ1) is 18.6. The highest BCUT2D eigenvalue weighted by Crippen LogP contribution is 2.25. The molecule has 0 saturated carbocycles. The van der Waals surface area contributed by atoms with Crippen LogP contribution in [-0.4, -0.2) is 12.3 Å². The number of benzene rings is 1. The van der Waals surface area contributed by atoms with Gasteiger partial charge in [-0.15, -0.1) is 11.8 Å². The molecule has 0 spiro atoms. The summed E-state index contributed by atoms with van der Waals surface area (Å²) in [4.78, 5) is 1.42. The van der Waals surface area contributed by atoms with Crippen LogP contribution in [0.15, 0.2) is 29.2 Å². The topological polar surface area (TPSA) is 12.0 Å². The van der Waals surface area contributed by atoms with E-state index in [2.05, 4.69) is 57.3 Å². The number of nitrogens with one attached hydrogen (secondary N) is 1. The zero-order valence-corrected chi connectivity index (χ0v) is 15.1. The van der Waals surface area contributed by atoms with E-state index in [0.29, 0.717) is 5.92 Å². The summed E-state index contributed by atoms with van der Waals surface area (Å²) in [6.45, 7) is 11.2. The fourth-order valence-corrected chi connectivity index (χ4v) is 3.60. The molecule has 1 aromatic carbocycles. The molecule has 0 radical (unpaired) electrons. The summed E-state index contributed by atoms with van der Waals surface area (Å²) in [6.07, 6.45) is 5.38. The van der Waals surface area contributed by atoms with E-state index in [4.69, 9.17) is 0 Å². The monoisotopic (exact) mass is 307 g/mol. The summed E-state index contributed by atoms with van der Waals surface area (Å²) < 4.78 is 0. The van der Waals surface area contributed by atoms with Crippen LogP contribution in [0.4, 0.5) is 0 Å². The van der Waals surface area contributed by atoms with Crippen LogP contribution in [-0.2, 0) is 6.54 Å². The fraction of sp³-hybridized carbons (Fsp3) is 0.684. The first-order valence-electron chi connectivity index (χ1n) is 8.58. The first-order chi connectivity index (χ1) is 10.2. The third-order valence-electron chi connectivity index (χ3n) is 3.81. The van der Waals surface area contributed by atoms with Crippen molar-refractivity contribution in [2.45, 2.75) is 64.8 Å². The molecule has 0 heterocycles. The molecule has 0 fully saturated rings. The molecule has 2 heteroatoms. The summed E-state index contributed by atoms with van der Waals surface area (Å²) in [7, 11) is 0. The van der Waals surface area contributed by atoms with Crippen LogP contribution in [0.25, 0.3) is 0 Å². The Balaban J connectivity index is 2.40. The van der Waals surface area contributed by atoms with Crippen LogP contribution in [0.3, 0.4) is 0 Å². The number of hydrogen-bond donors (Lipinski definition) is 1. The molecule has 1 nitrogen and oxygen atoms in total. The van der Waals surface area contributed by atoms with E-state index in [1.165, 1.54) is 41.9 Å². The molecule has 0 saturated heterocycles. The van der Waals surface area contributed by atoms with Gasteiger partial charge in [-0.05, 0) is 42.5 Å². The molecule has 0 aliphatic carbocycles. The second kappa shape index (κ2) is 11.1. The largest absolute Gasteiger partial charge is 0.312 e. The Morgan fingerprint density at radius 1 is 1.19 bits per heavy atom. The molecule has 1 atom stereocenters. The highest BCUT2D eigenvalue weighted by atomic mass is 32.2. The average molecular weight is 308 g/mol. The number of hydrogen-bond acceptors (Lipinski definition) is 2. The highest BCUT2D eigenvalue weighted by Gasteiger charge is 2.07. The number of unbranched alkanes of at least 4 members (excludes halogenated alkanes) is 1. The second-order valence-corrected chi connectivity index (χ2v) is 7.49. The van der Waals surface area contributed by atoms with Crippen molar-refractivity contribution in [2.75, 3.05) is 12.3 Å². The Bertz CT molecular complexity index is 376. The van der Waals surface area contributed by atoms with Crippen LogP contribution < -0.4 is 5.32 Å². The van der Waals surface area contributed by atoms with Crippen molar-refractivity contribution in [1.29, 1.82) is 0 Å². The third-order valence-corrected chi connectivity index (χ3v) is 5.03. The van der Waals surface area contributed by atoms with Crippen LogP contribution in [0, 0.1) is 11.8 Å². The molecule has 1 N–H and O–H groups in total. The van der Waals surface area contributed by atoms with E-state index in [9.17, 15) is 0 Å². The molecule has 0 amide bonds. The SMILES string of the molecule is CCCCC(CC)CSc1cccc(CNCC(C)C)c1. The predicted molar refractivity (Wildman–Crippen MR) is 97.0 cm³/mol. The van der Waals surface area contributed by atoms with Gasteiger partial charge in [-0.2, -0.15) is 0 Å². The van der Waals surface area contributed by atoms with Crippen molar-refractivity contribution in [3.8, 4) is 0 Å². The molecular weight excluding hydrogens is 274 g/mol. The van der Waals surface area contributed by atoms with Gasteiger partial charge in [0.15, 0.2) is 0 Å². The quantitative estimate of drug-likeness (QED) is 0.523. The van der Waals surface area contributed by atoms with Crippen LogP contribution in [0.2, 0.25) is 0 Å². The van der Waals surface area contributed by atoms with Gasteiger partial charge in [0.25, 0.3) is 0 Å². The minimum Gasteiger partial charge on any atom is -0.312 e. The van der Waals surface area contributed by atoms with Gasteiger partial charge >= 0.3 is 0 Å². The zero-order chi connectivity index (χ0) is 15.5. The van der Waals surface area contributed by atoms with Crippen molar-refractivity contribution in [3.63, 3.8) is 0 Å². The first-order valence-corrected chi connectivity index (χ1v) is 9.56. The molecule has 0 aliphatic heterocycles. The van der Waals surface area contributed by atoms with E-state index < -0.39 is 0 Å². The Labute approximate surface area is 136 Å². The molecular formula is C19H33NS. The molecule has 1 unspecified atom stereocenters. The van der Waals surface area contributed by atoms with Crippen molar-refractivity contribution in [1.82, 2.24) is 5.32 Å². The van der Waals surface area contributed by atoms with Crippen LogP contribution >= 0.6 is 11.8 Å². The number of rotatable bonds is 11. The van der Waals surface area contributed by atoms with E-state index in [0.717, 1.165) is 19.0 Å². The standard InChI is InChI=1S/C19H33NS/c1-5-7-9-17(6-2)15-21-19-11-8-10-18(12-19)14-20-13-16(3)4/h8,10-12,16-17,20H,5-7,9,13-15H2,1-4H3. The van der Waals surface area contributed by atoms with E-state index in [-0.39, 0.29) is 0 Å². The minimum atomic E-state index is 0.714. The lowest BCUT2D eigenvalue weighted by Gasteiger charge is -2.14. The molecule has 1 rings (SSSR count). The summed E-state index contributed by atoms with van der Waals surface area (Å²) in [5, 5.41) is 3.52. The highest BCUT2D eigenvalue weighted by molar-refractivity contribution is 7.99. The molecule has 1 aromatic rings. The van der Waals surface area contributed by atoms with Gasteiger partial charge in [-0.25, -0.2) is 0 Å². The minimum absolute atomic E-state index is 0.714. The van der Waals surface area contributed by atoms with Crippen molar-refractivity contribution in [2.24, 2.45) is 11.8 Å². The molecule has 0 bridgehead atoms. The van der Waals surface area contributed by atoms with Gasteiger partial charge in [-0.1, -0.05) is 59.1 Å². The summed E-state index contributed by atoms with van der Waals surface area (Å²) in [5.41, 5.74) is 1.40.